The van der Waals surface area contributed by atoms with Gasteiger partial charge in [0.2, 0.25) is 0 Å². The fourth-order valence-corrected chi connectivity index (χ4v) is 3.14. The lowest BCUT2D eigenvalue weighted by Crippen LogP contribution is -2.37. The third kappa shape index (κ3) is 3.55. The molecule has 0 spiro atoms. The highest BCUT2D eigenvalue weighted by Gasteiger charge is 2.25. The van der Waals surface area contributed by atoms with Crippen molar-refractivity contribution in [2.24, 2.45) is 0 Å². The van der Waals surface area contributed by atoms with Crippen LogP contribution in [0.3, 0.4) is 0 Å². The van der Waals surface area contributed by atoms with Gasteiger partial charge in [-0.05, 0) is 43.4 Å². The maximum atomic E-state index is 5.65. The predicted molar refractivity (Wildman–Crippen MR) is 83.2 cm³/mol. The SMILES string of the molecule is COC1CCC(NC(c2ccccc2)c2ccco2)CC1. The van der Waals surface area contributed by atoms with Crippen molar-refractivity contribution in [3.05, 3.63) is 60.1 Å². The van der Waals surface area contributed by atoms with Crippen LogP contribution in [0, 0.1) is 0 Å². The average molecular weight is 285 g/mol. The van der Waals surface area contributed by atoms with E-state index >= 15 is 0 Å². The highest BCUT2D eigenvalue weighted by atomic mass is 16.5. The fourth-order valence-electron chi connectivity index (χ4n) is 3.14. The summed E-state index contributed by atoms with van der Waals surface area (Å²) in [6.45, 7) is 0. The lowest BCUT2D eigenvalue weighted by molar-refractivity contribution is 0.0614. The van der Waals surface area contributed by atoms with E-state index < -0.39 is 0 Å². The van der Waals surface area contributed by atoms with Crippen molar-refractivity contribution in [3.8, 4) is 0 Å². The Morgan fingerprint density at radius 1 is 1.05 bits per heavy atom. The molecule has 0 amide bonds. The molecule has 1 N–H and O–H groups in total. The zero-order valence-corrected chi connectivity index (χ0v) is 12.5. The normalized spacial score (nSPS) is 23.9. The smallest absolute Gasteiger partial charge is 0.125 e. The highest BCUT2D eigenvalue weighted by Crippen LogP contribution is 2.27. The molecule has 1 atom stereocenters. The lowest BCUT2D eigenvalue weighted by Gasteiger charge is -2.31. The predicted octanol–water partition coefficient (Wildman–Crippen LogP) is 3.92. The second kappa shape index (κ2) is 6.92. The molecule has 0 saturated heterocycles. The van der Waals surface area contributed by atoms with E-state index in [0.29, 0.717) is 12.1 Å². The van der Waals surface area contributed by atoms with Crippen LogP contribution in [-0.2, 0) is 4.74 Å². The Labute approximate surface area is 126 Å². The average Bonchev–Trinajstić information content (AvgIpc) is 3.08. The number of nitrogens with one attached hydrogen (secondary N) is 1. The Hall–Kier alpha value is -1.58. The van der Waals surface area contributed by atoms with Gasteiger partial charge in [0.1, 0.15) is 5.76 Å². The Bertz CT molecular complexity index is 515. The van der Waals surface area contributed by atoms with Crippen molar-refractivity contribution in [3.63, 3.8) is 0 Å². The van der Waals surface area contributed by atoms with E-state index in [-0.39, 0.29) is 6.04 Å². The zero-order chi connectivity index (χ0) is 14.5. The van der Waals surface area contributed by atoms with Gasteiger partial charge in [0.05, 0.1) is 18.4 Å². The zero-order valence-electron chi connectivity index (χ0n) is 12.5. The summed E-state index contributed by atoms with van der Waals surface area (Å²) < 4.78 is 11.1. The van der Waals surface area contributed by atoms with Crippen molar-refractivity contribution in [1.29, 1.82) is 0 Å². The van der Waals surface area contributed by atoms with Gasteiger partial charge in [-0.3, -0.25) is 0 Å². The van der Waals surface area contributed by atoms with Crippen LogP contribution in [0.25, 0.3) is 0 Å². The largest absolute Gasteiger partial charge is 0.467 e. The Kier molecular flexibility index (Phi) is 4.73. The molecule has 21 heavy (non-hydrogen) atoms. The molecule has 1 aliphatic rings. The molecule has 0 aliphatic heterocycles. The molecule has 3 nitrogen and oxygen atoms in total. The standard InChI is InChI=1S/C18H23NO2/c1-20-16-11-9-15(10-12-16)19-18(17-8-5-13-21-17)14-6-3-2-4-7-14/h2-8,13,15-16,18-19H,9-12H2,1H3. The number of rotatable bonds is 5. The van der Waals surface area contributed by atoms with Crippen LogP contribution in [0.2, 0.25) is 0 Å². The van der Waals surface area contributed by atoms with Crippen molar-refractivity contribution in [1.82, 2.24) is 5.32 Å². The summed E-state index contributed by atoms with van der Waals surface area (Å²) in [6, 6.07) is 15.2. The van der Waals surface area contributed by atoms with E-state index in [1.165, 1.54) is 5.56 Å². The molecule has 1 heterocycles. The van der Waals surface area contributed by atoms with Crippen molar-refractivity contribution in [2.75, 3.05) is 7.11 Å². The number of ether oxygens (including phenoxy) is 1. The summed E-state index contributed by atoms with van der Waals surface area (Å²) in [5, 5.41) is 3.77. The molecular formula is C18H23NO2. The number of methoxy groups -OCH3 is 1. The molecule has 1 unspecified atom stereocenters. The number of hydrogen-bond acceptors (Lipinski definition) is 3. The van der Waals surface area contributed by atoms with Gasteiger partial charge in [-0.1, -0.05) is 30.3 Å². The molecular weight excluding hydrogens is 262 g/mol. The van der Waals surface area contributed by atoms with Crippen molar-refractivity contribution in [2.45, 2.75) is 43.9 Å². The quantitative estimate of drug-likeness (QED) is 0.904. The lowest BCUT2D eigenvalue weighted by atomic mass is 9.91. The van der Waals surface area contributed by atoms with Crippen molar-refractivity contribution >= 4 is 0 Å². The van der Waals surface area contributed by atoms with Gasteiger partial charge in [0, 0.05) is 13.2 Å². The van der Waals surface area contributed by atoms with Crippen LogP contribution in [0.5, 0.6) is 0 Å². The molecule has 0 radical (unpaired) electrons. The van der Waals surface area contributed by atoms with Crippen LogP contribution >= 0.6 is 0 Å². The van der Waals surface area contributed by atoms with Crippen LogP contribution in [0.15, 0.2) is 53.1 Å². The van der Waals surface area contributed by atoms with E-state index in [0.717, 1.165) is 31.4 Å². The molecule has 1 aromatic carbocycles. The number of hydrogen-bond donors (Lipinski definition) is 1. The maximum Gasteiger partial charge on any atom is 0.125 e. The maximum absolute atomic E-state index is 5.65. The van der Waals surface area contributed by atoms with Crippen molar-refractivity contribution < 1.29 is 9.15 Å². The van der Waals surface area contributed by atoms with Crippen LogP contribution in [0.4, 0.5) is 0 Å². The Morgan fingerprint density at radius 3 is 2.43 bits per heavy atom. The van der Waals surface area contributed by atoms with E-state index in [2.05, 4.69) is 29.6 Å². The topological polar surface area (TPSA) is 34.4 Å². The van der Waals surface area contributed by atoms with Crippen LogP contribution in [0.1, 0.15) is 43.0 Å². The molecule has 1 aromatic heterocycles. The highest BCUT2D eigenvalue weighted by molar-refractivity contribution is 5.26. The molecule has 1 fully saturated rings. The fraction of sp³-hybridized carbons (Fsp3) is 0.444. The van der Waals surface area contributed by atoms with E-state index in [9.17, 15) is 0 Å². The summed E-state index contributed by atoms with van der Waals surface area (Å²) in [7, 11) is 1.81. The van der Waals surface area contributed by atoms with Gasteiger partial charge >= 0.3 is 0 Å². The first kappa shape index (κ1) is 14.4. The van der Waals surface area contributed by atoms with Gasteiger partial charge in [0.25, 0.3) is 0 Å². The number of furan rings is 1. The van der Waals surface area contributed by atoms with E-state index in [1.807, 2.05) is 25.3 Å². The summed E-state index contributed by atoms with van der Waals surface area (Å²) in [4.78, 5) is 0. The second-order valence-electron chi connectivity index (χ2n) is 5.74. The third-order valence-electron chi connectivity index (χ3n) is 4.37. The van der Waals surface area contributed by atoms with Crippen LogP contribution < -0.4 is 5.32 Å². The second-order valence-corrected chi connectivity index (χ2v) is 5.74. The van der Waals surface area contributed by atoms with Gasteiger partial charge in [-0.15, -0.1) is 0 Å². The van der Waals surface area contributed by atoms with Gasteiger partial charge in [0.15, 0.2) is 0 Å². The first-order chi connectivity index (χ1) is 10.4. The Balaban J connectivity index is 1.72. The minimum Gasteiger partial charge on any atom is -0.467 e. The van der Waals surface area contributed by atoms with E-state index in [4.69, 9.17) is 9.15 Å². The first-order valence-corrected chi connectivity index (χ1v) is 7.74. The summed E-state index contributed by atoms with van der Waals surface area (Å²) >= 11 is 0. The molecule has 0 bridgehead atoms. The summed E-state index contributed by atoms with van der Waals surface area (Å²) in [5.41, 5.74) is 1.25. The third-order valence-corrected chi connectivity index (χ3v) is 4.37. The van der Waals surface area contributed by atoms with E-state index in [1.54, 1.807) is 6.26 Å². The van der Waals surface area contributed by atoms with Gasteiger partial charge in [-0.2, -0.15) is 0 Å². The van der Waals surface area contributed by atoms with Crippen LogP contribution in [-0.4, -0.2) is 19.3 Å². The Morgan fingerprint density at radius 2 is 1.81 bits per heavy atom. The molecule has 1 saturated carbocycles. The first-order valence-electron chi connectivity index (χ1n) is 7.74. The summed E-state index contributed by atoms with van der Waals surface area (Å²) in [5.74, 6) is 0.982. The molecule has 112 valence electrons. The molecule has 2 aromatic rings. The van der Waals surface area contributed by atoms with Gasteiger partial charge < -0.3 is 14.5 Å². The molecule has 3 heteroatoms. The minimum atomic E-state index is 0.130. The summed E-state index contributed by atoms with van der Waals surface area (Å²) in [6.07, 6.45) is 6.75. The minimum absolute atomic E-state index is 0.130. The number of benzene rings is 1. The van der Waals surface area contributed by atoms with Gasteiger partial charge in [-0.25, -0.2) is 0 Å². The monoisotopic (exact) mass is 285 g/mol. The molecule has 3 rings (SSSR count). The molecule has 1 aliphatic carbocycles.